The molecule has 0 aromatic heterocycles. The summed E-state index contributed by atoms with van der Waals surface area (Å²) in [5.41, 5.74) is 0. The maximum Gasteiger partial charge on any atom is 0.673 e. The van der Waals surface area contributed by atoms with Crippen LogP contribution in [0, 0.1) is 0 Å². The van der Waals surface area contributed by atoms with Crippen molar-refractivity contribution in [2.75, 3.05) is 0 Å². The van der Waals surface area contributed by atoms with Crippen LogP contribution in [0.3, 0.4) is 0 Å². The molecule has 0 aromatic carbocycles. The fourth-order valence-electron chi connectivity index (χ4n) is 0. The van der Waals surface area contributed by atoms with Gasteiger partial charge < -0.3 is 51.8 Å². The number of halogens is 15. The SMILES string of the molecule is CC(F)(F)F.F[B-](F)(F)F.F[B-](F)(F)F.F[B-](F)(F)F. The molecule has 0 aliphatic heterocycles. The van der Waals surface area contributed by atoms with Crippen molar-refractivity contribution >= 4 is 21.8 Å². The number of hydrogen-bond acceptors (Lipinski definition) is 0. The number of hydrogen-bond donors (Lipinski definition) is 0. The summed E-state index contributed by atoms with van der Waals surface area (Å²) in [6.45, 7) is 0.188. The van der Waals surface area contributed by atoms with Gasteiger partial charge in [0.05, 0.1) is 0 Å². The van der Waals surface area contributed by atoms with E-state index in [1.807, 2.05) is 0 Å². The lowest BCUT2D eigenvalue weighted by atomic mass is 10.3. The van der Waals surface area contributed by atoms with Crippen molar-refractivity contribution < 1.29 is 65.0 Å². The van der Waals surface area contributed by atoms with E-state index in [4.69, 9.17) is 0 Å². The Morgan fingerprint density at radius 2 is 0.450 bits per heavy atom. The van der Waals surface area contributed by atoms with E-state index in [-0.39, 0.29) is 6.92 Å². The van der Waals surface area contributed by atoms with Crippen LogP contribution in [0.2, 0.25) is 0 Å². The van der Waals surface area contributed by atoms with Crippen molar-refractivity contribution in [1.82, 2.24) is 0 Å². The van der Waals surface area contributed by atoms with Gasteiger partial charge in [0.1, 0.15) is 0 Å². The molecule has 0 amide bonds. The van der Waals surface area contributed by atoms with Crippen molar-refractivity contribution in [2.45, 2.75) is 13.1 Å². The molecule has 0 radical (unpaired) electrons. The predicted octanol–water partition coefficient (Wildman–Crippen LogP) is 5.47. The molecule has 0 fully saturated rings. The highest BCUT2D eigenvalue weighted by atomic mass is 19.5. The van der Waals surface area contributed by atoms with Crippen LogP contribution >= 0.6 is 0 Å². The van der Waals surface area contributed by atoms with Crippen LogP contribution < -0.4 is 0 Å². The standard InChI is InChI=1S/C2H3F3.3BF4/c1-2(3,4)5;3*2-1(3,4)5/h1H3;;;/q;3*-1. The molecule has 0 saturated carbocycles. The van der Waals surface area contributed by atoms with Gasteiger partial charge in [0.25, 0.3) is 0 Å². The Morgan fingerprint density at radius 3 is 0.450 bits per heavy atom. The van der Waals surface area contributed by atoms with Crippen LogP contribution in [0.1, 0.15) is 6.92 Å². The molecule has 0 N–H and O–H groups in total. The molecule has 0 bridgehead atoms. The predicted molar refractivity (Wildman–Crippen MR) is 42.3 cm³/mol. The lowest BCUT2D eigenvalue weighted by Crippen LogP contribution is -2.02. The average molecular weight is 344 g/mol. The Balaban J connectivity index is -0.0000000853. The van der Waals surface area contributed by atoms with Crippen LogP contribution in [0.5, 0.6) is 0 Å². The van der Waals surface area contributed by atoms with Crippen molar-refractivity contribution in [3.05, 3.63) is 0 Å². The van der Waals surface area contributed by atoms with Gasteiger partial charge in [-0.1, -0.05) is 0 Å². The van der Waals surface area contributed by atoms with Crippen LogP contribution in [0.25, 0.3) is 0 Å². The Bertz CT molecular complexity index is 131. The summed E-state index contributed by atoms with van der Waals surface area (Å²) in [7, 11) is -18.0. The van der Waals surface area contributed by atoms with E-state index < -0.39 is 27.9 Å². The van der Waals surface area contributed by atoms with Crippen LogP contribution in [-0.2, 0) is 0 Å². The van der Waals surface area contributed by atoms with Crippen LogP contribution in [0.15, 0.2) is 0 Å². The first-order valence-corrected chi connectivity index (χ1v) is 3.69. The van der Waals surface area contributed by atoms with E-state index in [1.54, 1.807) is 0 Å². The quantitative estimate of drug-likeness (QED) is 0.404. The Morgan fingerprint density at radius 1 is 0.450 bits per heavy atom. The molecule has 18 heteroatoms. The summed E-state index contributed by atoms with van der Waals surface area (Å²) in [4.78, 5) is 0. The van der Waals surface area contributed by atoms with Gasteiger partial charge in [0.2, 0.25) is 0 Å². The second-order valence-corrected chi connectivity index (χ2v) is 2.27. The molecule has 0 aliphatic rings. The van der Waals surface area contributed by atoms with Gasteiger partial charge in [-0.05, 0) is 0 Å². The van der Waals surface area contributed by atoms with E-state index in [1.165, 1.54) is 0 Å². The maximum atomic E-state index is 10.4. The first kappa shape index (κ1) is 27.5. The van der Waals surface area contributed by atoms with Crippen molar-refractivity contribution in [1.29, 1.82) is 0 Å². The van der Waals surface area contributed by atoms with E-state index >= 15 is 0 Å². The second-order valence-electron chi connectivity index (χ2n) is 2.27. The highest BCUT2D eigenvalue weighted by molar-refractivity contribution is 6.50. The summed E-state index contributed by atoms with van der Waals surface area (Å²) < 4.78 is 148. The summed E-state index contributed by atoms with van der Waals surface area (Å²) in [5, 5.41) is 0. The molecule has 128 valence electrons. The first-order valence-electron chi connectivity index (χ1n) is 3.69. The van der Waals surface area contributed by atoms with Crippen LogP contribution in [0.4, 0.5) is 65.0 Å². The molecule has 0 aliphatic carbocycles. The minimum atomic E-state index is -6.00. The highest BCUT2D eigenvalue weighted by Gasteiger charge is 2.21. The van der Waals surface area contributed by atoms with Gasteiger partial charge in [0, 0.05) is 6.92 Å². The molecule has 0 aromatic rings. The van der Waals surface area contributed by atoms with Gasteiger partial charge in [-0.2, -0.15) is 13.2 Å². The summed E-state index contributed by atoms with van der Waals surface area (Å²) >= 11 is 0. The maximum absolute atomic E-state index is 10.4. The van der Waals surface area contributed by atoms with Gasteiger partial charge in [-0.25, -0.2) is 0 Å². The van der Waals surface area contributed by atoms with Gasteiger partial charge >= 0.3 is 27.9 Å². The molecular formula is C2H3B3F15-3. The zero-order valence-corrected chi connectivity index (χ0v) is 8.90. The number of alkyl halides is 3. The van der Waals surface area contributed by atoms with E-state index in [2.05, 4.69) is 0 Å². The molecule has 0 nitrogen and oxygen atoms in total. The molecule has 0 unspecified atom stereocenters. The van der Waals surface area contributed by atoms with Crippen molar-refractivity contribution in [3.63, 3.8) is 0 Å². The van der Waals surface area contributed by atoms with Gasteiger partial charge in [-0.15, -0.1) is 0 Å². The minimum absolute atomic E-state index is 0.188. The molecule has 0 heterocycles. The molecule has 20 heavy (non-hydrogen) atoms. The number of rotatable bonds is 0. The molecule has 0 saturated heterocycles. The van der Waals surface area contributed by atoms with Crippen LogP contribution in [-0.4, -0.2) is 27.9 Å². The summed E-state index contributed by atoms with van der Waals surface area (Å²) in [6, 6.07) is 0. The lowest BCUT2D eigenvalue weighted by Gasteiger charge is -1.94. The second kappa shape index (κ2) is 9.96. The smallest absolute Gasteiger partial charge is 0.418 e. The largest absolute Gasteiger partial charge is 0.673 e. The zero-order chi connectivity index (χ0) is 18.0. The molecule has 0 rings (SSSR count). The summed E-state index contributed by atoms with van der Waals surface area (Å²) in [6.07, 6.45) is -4.00. The molecule has 0 atom stereocenters. The lowest BCUT2D eigenvalue weighted by molar-refractivity contribution is -0.110. The normalized spacial score (nSPS) is 12.0. The highest BCUT2D eigenvalue weighted by Crippen LogP contribution is 2.10. The third-order valence-electron chi connectivity index (χ3n) is 0. The topological polar surface area (TPSA) is 0 Å². The van der Waals surface area contributed by atoms with Gasteiger partial charge in [-0.3, -0.25) is 0 Å². The average Bonchev–Trinajstić information content (AvgIpc) is 1.62. The first-order chi connectivity index (χ1) is 8.00. The minimum Gasteiger partial charge on any atom is -0.418 e. The Hall–Kier alpha value is -0.855. The fourth-order valence-corrected chi connectivity index (χ4v) is 0. The zero-order valence-electron chi connectivity index (χ0n) is 8.90. The van der Waals surface area contributed by atoms with Crippen molar-refractivity contribution in [3.8, 4) is 0 Å². The Labute approximate surface area is 101 Å². The van der Waals surface area contributed by atoms with E-state index in [0.717, 1.165) is 0 Å². The Kier molecular flexibility index (Phi) is 13.7. The fraction of sp³-hybridized carbons (Fsp3) is 1.00. The van der Waals surface area contributed by atoms with Crippen molar-refractivity contribution in [2.24, 2.45) is 0 Å². The monoisotopic (exact) mass is 345 g/mol. The van der Waals surface area contributed by atoms with Gasteiger partial charge in [0.15, 0.2) is 0 Å². The summed E-state index contributed by atoms with van der Waals surface area (Å²) in [5.74, 6) is 0. The third kappa shape index (κ3) is 6110. The molecular weight excluding hydrogens is 341 g/mol. The third-order valence-corrected chi connectivity index (χ3v) is 0. The molecule has 0 spiro atoms. The van der Waals surface area contributed by atoms with E-state index in [9.17, 15) is 65.0 Å². The van der Waals surface area contributed by atoms with E-state index in [0.29, 0.717) is 0 Å².